The van der Waals surface area contributed by atoms with Crippen LogP contribution in [0.2, 0.25) is 0 Å². The highest BCUT2D eigenvalue weighted by molar-refractivity contribution is 7.90. The largest absolute Gasteiger partial charge is 0.230 e. The lowest BCUT2D eigenvalue weighted by Crippen LogP contribution is -2.43. The monoisotopic (exact) mass is 272 g/mol. The van der Waals surface area contributed by atoms with E-state index in [4.69, 9.17) is 5.26 Å². The minimum atomic E-state index is -3.45. The van der Waals surface area contributed by atoms with Crippen molar-refractivity contribution in [2.24, 2.45) is 5.92 Å². The molecule has 0 aliphatic heterocycles. The number of nitrogens with zero attached hydrogens (tertiary/aromatic N) is 2. The summed E-state index contributed by atoms with van der Waals surface area (Å²) in [6.07, 6.45) is 5.59. The summed E-state index contributed by atoms with van der Waals surface area (Å²) in [4.78, 5) is 0. The maximum atomic E-state index is 12.2. The second-order valence-electron chi connectivity index (χ2n) is 5.17. The average Bonchev–Trinajstić information content (AvgIpc) is 2.39. The molecule has 0 aromatic rings. The van der Waals surface area contributed by atoms with E-state index >= 15 is 0 Å². The third kappa shape index (κ3) is 3.24. The van der Waals surface area contributed by atoms with Crippen molar-refractivity contribution < 1.29 is 8.42 Å². The average molecular weight is 272 g/mol. The van der Waals surface area contributed by atoms with E-state index in [0.29, 0.717) is 6.42 Å². The zero-order chi connectivity index (χ0) is 13.8. The SMILES string of the molecule is CCC1CCC(N(C)S(=O)(=O)C(C#N)CC)CC1. The zero-order valence-electron chi connectivity index (χ0n) is 11.6. The summed E-state index contributed by atoms with van der Waals surface area (Å²) in [6.45, 7) is 3.93. The summed E-state index contributed by atoms with van der Waals surface area (Å²) >= 11 is 0. The van der Waals surface area contributed by atoms with Crippen LogP contribution in [0.3, 0.4) is 0 Å². The Morgan fingerprint density at radius 1 is 1.28 bits per heavy atom. The van der Waals surface area contributed by atoms with Crippen molar-refractivity contribution in [3.8, 4) is 6.07 Å². The van der Waals surface area contributed by atoms with Gasteiger partial charge in [0.1, 0.15) is 0 Å². The van der Waals surface area contributed by atoms with Crippen molar-refractivity contribution in [1.82, 2.24) is 4.31 Å². The van der Waals surface area contributed by atoms with Gasteiger partial charge in [0.15, 0.2) is 5.25 Å². The smallest absolute Gasteiger partial charge is 0.211 e. The van der Waals surface area contributed by atoms with Crippen molar-refractivity contribution in [1.29, 1.82) is 5.26 Å². The molecular weight excluding hydrogens is 248 g/mol. The molecule has 1 aliphatic carbocycles. The second kappa shape index (κ2) is 6.53. The van der Waals surface area contributed by atoms with Gasteiger partial charge in [-0.05, 0) is 38.0 Å². The summed E-state index contributed by atoms with van der Waals surface area (Å²) in [6, 6.07) is 1.99. The van der Waals surface area contributed by atoms with Crippen molar-refractivity contribution in [3.63, 3.8) is 0 Å². The van der Waals surface area contributed by atoms with Gasteiger partial charge in [0.2, 0.25) is 10.0 Å². The van der Waals surface area contributed by atoms with E-state index in [-0.39, 0.29) is 6.04 Å². The molecule has 1 rings (SSSR count). The maximum Gasteiger partial charge on any atom is 0.230 e. The molecule has 1 saturated carbocycles. The normalized spacial score (nSPS) is 26.8. The highest BCUT2D eigenvalue weighted by Crippen LogP contribution is 2.30. The first-order valence-corrected chi connectivity index (χ1v) is 8.34. The van der Waals surface area contributed by atoms with Crippen LogP contribution in [0.15, 0.2) is 0 Å². The number of hydrogen-bond donors (Lipinski definition) is 0. The first-order valence-electron chi connectivity index (χ1n) is 6.83. The Bertz CT molecular complexity index is 392. The molecule has 0 aromatic carbocycles. The van der Waals surface area contributed by atoms with E-state index in [9.17, 15) is 8.42 Å². The molecule has 18 heavy (non-hydrogen) atoms. The zero-order valence-corrected chi connectivity index (χ0v) is 12.4. The van der Waals surface area contributed by atoms with E-state index in [0.717, 1.165) is 31.6 Å². The second-order valence-corrected chi connectivity index (χ2v) is 7.34. The topological polar surface area (TPSA) is 61.2 Å². The van der Waals surface area contributed by atoms with Crippen LogP contribution < -0.4 is 0 Å². The fourth-order valence-corrected chi connectivity index (χ4v) is 4.28. The van der Waals surface area contributed by atoms with Gasteiger partial charge in [0, 0.05) is 13.1 Å². The maximum absolute atomic E-state index is 12.2. The number of nitriles is 1. The van der Waals surface area contributed by atoms with E-state index in [1.54, 1.807) is 14.0 Å². The van der Waals surface area contributed by atoms with Crippen molar-refractivity contribution in [3.05, 3.63) is 0 Å². The van der Waals surface area contributed by atoms with Gasteiger partial charge in [0.05, 0.1) is 6.07 Å². The van der Waals surface area contributed by atoms with Crippen LogP contribution in [0.25, 0.3) is 0 Å². The lowest BCUT2D eigenvalue weighted by molar-refractivity contribution is 0.232. The third-order valence-corrected chi connectivity index (χ3v) is 6.44. The molecule has 0 amide bonds. The van der Waals surface area contributed by atoms with Crippen LogP contribution in [0, 0.1) is 17.2 Å². The Labute approximate surface area is 111 Å². The van der Waals surface area contributed by atoms with Crippen LogP contribution in [0.4, 0.5) is 0 Å². The third-order valence-electron chi connectivity index (χ3n) is 4.18. The molecule has 0 N–H and O–H groups in total. The number of sulfonamides is 1. The fourth-order valence-electron chi connectivity index (χ4n) is 2.69. The summed E-state index contributed by atoms with van der Waals surface area (Å²) in [7, 11) is -1.82. The van der Waals surface area contributed by atoms with Gasteiger partial charge in [-0.3, -0.25) is 0 Å². The molecule has 0 saturated heterocycles. The summed E-state index contributed by atoms with van der Waals surface area (Å²) in [5, 5.41) is 8.04. The van der Waals surface area contributed by atoms with Crippen LogP contribution in [0.5, 0.6) is 0 Å². The molecule has 1 aliphatic rings. The molecular formula is C13H24N2O2S. The molecule has 1 fully saturated rings. The Hall–Kier alpha value is -0.600. The van der Waals surface area contributed by atoms with Crippen molar-refractivity contribution in [2.45, 2.75) is 63.7 Å². The van der Waals surface area contributed by atoms with Gasteiger partial charge in [0.25, 0.3) is 0 Å². The van der Waals surface area contributed by atoms with Gasteiger partial charge in [-0.25, -0.2) is 12.7 Å². The van der Waals surface area contributed by atoms with Gasteiger partial charge >= 0.3 is 0 Å². The van der Waals surface area contributed by atoms with Crippen LogP contribution in [-0.4, -0.2) is 31.1 Å². The van der Waals surface area contributed by atoms with Crippen LogP contribution >= 0.6 is 0 Å². The van der Waals surface area contributed by atoms with Gasteiger partial charge < -0.3 is 0 Å². The lowest BCUT2D eigenvalue weighted by Gasteiger charge is -2.34. The van der Waals surface area contributed by atoms with Gasteiger partial charge in [-0.1, -0.05) is 20.3 Å². The molecule has 0 bridgehead atoms. The van der Waals surface area contributed by atoms with Crippen LogP contribution in [-0.2, 0) is 10.0 Å². The molecule has 104 valence electrons. The molecule has 1 unspecified atom stereocenters. The lowest BCUT2D eigenvalue weighted by atomic mass is 9.85. The number of rotatable bonds is 5. The molecule has 4 nitrogen and oxygen atoms in total. The van der Waals surface area contributed by atoms with Gasteiger partial charge in [-0.15, -0.1) is 0 Å². The quantitative estimate of drug-likeness (QED) is 0.772. The predicted molar refractivity (Wildman–Crippen MR) is 72.4 cm³/mol. The molecule has 1 atom stereocenters. The Balaban J connectivity index is 2.71. The first kappa shape index (κ1) is 15.5. The van der Waals surface area contributed by atoms with E-state index in [2.05, 4.69) is 6.92 Å². The Morgan fingerprint density at radius 2 is 1.83 bits per heavy atom. The number of hydrogen-bond acceptors (Lipinski definition) is 3. The molecule has 0 spiro atoms. The fraction of sp³-hybridized carbons (Fsp3) is 0.923. The highest BCUT2D eigenvalue weighted by atomic mass is 32.2. The minimum Gasteiger partial charge on any atom is -0.211 e. The van der Waals surface area contributed by atoms with E-state index in [1.165, 1.54) is 10.7 Å². The predicted octanol–water partition coefficient (Wildman–Crippen LogP) is 2.52. The van der Waals surface area contributed by atoms with E-state index in [1.807, 2.05) is 6.07 Å². The van der Waals surface area contributed by atoms with Crippen LogP contribution in [0.1, 0.15) is 52.4 Å². The Morgan fingerprint density at radius 3 is 2.22 bits per heavy atom. The Kier molecular flexibility index (Phi) is 5.61. The van der Waals surface area contributed by atoms with E-state index < -0.39 is 15.3 Å². The van der Waals surface area contributed by atoms with Crippen molar-refractivity contribution >= 4 is 10.0 Å². The molecule has 0 heterocycles. The molecule has 0 radical (unpaired) electrons. The molecule has 0 aromatic heterocycles. The highest BCUT2D eigenvalue weighted by Gasteiger charge is 2.34. The first-order chi connectivity index (χ1) is 8.47. The summed E-state index contributed by atoms with van der Waals surface area (Å²) in [5.74, 6) is 0.746. The summed E-state index contributed by atoms with van der Waals surface area (Å²) < 4.78 is 25.9. The van der Waals surface area contributed by atoms with Gasteiger partial charge in [-0.2, -0.15) is 5.26 Å². The van der Waals surface area contributed by atoms with Crippen molar-refractivity contribution in [2.75, 3.05) is 7.05 Å². The molecule has 5 heteroatoms. The summed E-state index contributed by atoms with van der Waals surface area (Å²) in [5.41, 5.74) is 0. The minimum absolute atomic E-state index is 0.0835. The standard InChI is InChI=1S/C13H24N2O2S/c1-4-11-6-8-12(9-7-11)15(3)18(16,17)13(5-2)10-14/h11-13H,4-9H2,1-3H3.